The second kappa shape index (κ2) is 7.79. The SMILES string of the molecule is CCC(=N)C(c1ccccc1)N1CCN(C(=O)OC(C)(C)C)CC1. The van der Waals surface area contributed by atoms with E-state index in [2.05, 4.69) is 17.0 Å². The lowest BCUT2D eigenvalue weighted by Gasteiger charge is -2.39. The van der Waals surface area contributed by atoms with Gasteiger partial charge >= 0.3 is 6.09 Å². The average Bonchev–Trinajstić information content (AvgIpc) is 2.55. The number of carbonyl (C=O) groups is 1. The van der Waals surface area contributed by atoms with Gasteiger partial charge in [-0.05, 0) is 32.8 Å². The molecular formula is C19H29N3O2. The predicted molar refractivity (Wildman–Crippen MR) is 96.6 cm³/mol. The zero-order valence-electron chi connectivity index (χ0n) is 15.2. The predicted octanol–water partition coefficient (Wildman–Crippen LogP) is 3.71. The van der Waals surface area contributed by atoms with Crippen molar-refractivity contribution in [3.05, 3.63) is 35.9 Å². The van der Waals surface area contributed by atoms with Crippen LogP contribution in [0, 0.1) is 5.41 Å². The van der Waals surface area contributed by atoms with Crippen LogP contribution in [0.1, 0.15) is 45.7 Å². The highest BCUT2D eigenvalue weighted by atomic mass is 16.6. The first kappa shape index (κ1) is 18.5. The van der Waals surface area contributed by atoms with E-state index in [0.29, 0.717) is 18.8 Å². The summed E-state index contributed by atoms with van der Waals surface area (Å²) >= 11 is 0. The molecule has 5 nitrogen and oxygen atoms in total. The summed E-state index contributed by atoms with van der Waals surface area (Å²) in [7, 11) is 0. The third-order valence-electron chi connectivity index (χ3n) is 4.16. The second-order valence-corrected chi connectivity index (χ2v) is 7.20. The van der Waals surface area contributed by atoms with Crippen molar-refractivity contribution in [2.24, 2.45) is 0 Å². The molecule has 2 rings (SSSR count). The molecule has 0 bridgehead atoms. The largest absolute Gasteiger partial charge is 0.444 e. The number of rotatable bonds is 4. The number of piperazine rings is 1. The monoisotopic (exact) mass is 331 g/mol. The van der Waals surface area contributed by atoms with Crippen LogP contribution >= 0.6 is 0 Å². The minimum absolute atomic E-state index is 0.00279. The number of hydrogen-bond acceptors (Lipinski definition) is 4. The molecule has 0 saturated carbocycles. The fourth-order valence-corrected chi connectivity index (χ4v) is 2.95. The van der Waals surface area contributed by atoms with E-state index >= 15 is 0 Å². The zero-order valence-corrected chi connectivity index (χ0v) is 15.2. The van der Waals surface area contributed by atoms with Crippen LogP contribution in [0.25, 0.3) is 0 Å². The van der Waals surface area contributed by atoms with E-state index in [1.165, 1.54) is 0 Å². The molecule has 1 aromatic carbocycles. The Morgan fingerprint density at radius 1 is 1.17 bits per heavy atom. The van der Waals surface area contributed by atoms with Crippen LogP contribution in [0.2, 0.25) is 0 Å². The summed E-state index contributed by atoms with van der Waals surface area (Å²) in [6.45, 7) is 10.4. The number of benzene rings is 1. The van der Waals surface area contributed by atoms with Gasteiger partial charge in [0.2, 0.25) is 0 Å². The maximum absolute atomic E-state index is 12.2. The van der Waals surface area contributed by atoms with E-state index < -0.39 is 5.60 Å². The molecule has 1 amide bonds. The van der Waals surface area contributed by atoms with E-state index in [-0.39, 0.29) is 12.1 Å². The molecule has 1 fully saturated rings. The van der Waals surface area contributed by atoms with E-state index in [1.807, 2.05) is 45.9 Å². The van der Waals surface area contributed by atoms with Crippen molar-refractivity contribution in [1.82, 2.24) is 9.80 Å². The van der Waals surface area contributed by atoms with E-state index in [1.54, 1.807) is 4.90 Å². The van der Waals surface area contributed by atoms with Gasteiger partial charge in [-0.1, -0.05) is 37.3 Å². The molecule has 1 heterocycles. The number of hydrogen-bond donors (Lipinski definition) is 1. The third kappa shape index (κ3) is 4.81. The Kier molecular flexibility index (Phi) is 5.99. The molecule has 24 heavy (non-hydrogen) atoms. The van der Waals surface area contributed by atoms with Gasteiger partial charge < -0.3 is 15.0 Å². The number of amides is 1. The minimum atomic E-state index is -0.467. The normalized spacial score (nSPS) is 17.4. The van der Waals surface area contributed by atoms with Crippen LogP contribution in [-0.4, -0.2) is 53.4 Å². The quantitative estimate of drug-likeness (QED) is 0.856. The van der Waals surface area contributed by atoms with Crippen molar-refractivity contribution in [1.29, 1.82) is 5.41 Å². The van der Waals surface area contributed by atoms with Crippen molar-refractivity contribution in [3.8, 4) is 0 Å². The fraction of sp³-hybridized carbons (Fsp3) is 0.579. The third-order valence-corrected chi connectivity index (χ3v) is 4.16. The van der Waals surface area contributed by atoms with Crippen molar-refractivity contribution in [3.63, 3.8) is 0 Å². The Hall–Kier alpha value is -1.88. The molecule has 0 aliphatic carbocycles. The van der Waals surface area contributed by atoms with Gasteiger partial charge in [-0.2, -0.15) is 0 Å². The zero-order chi connectivity index (χ0) is 17.7. The van der Waals surface area contributed by atoms with Gasteiger partial charge in [0.05, 0.1) is 6.04 Å². The van der Waals surface area contributed by atoms with Crippen molar-refractivity contribution in [2.75, 3.05) is 26.2 Å². The molecule has 5 heteroatoms. The van der Waals surface area contributed by atoms with Crippen molar-refractivity contribution < 1.29 is 9.53 Å². The summed E-state index contributed by atoms with van der Waals surface area (Å²) in [5.41, 5.74) is 1.40. The Labute approximate surface area is 145 Å². The van der Waals surface area contributed by atoms with Crippen LogP contribution < -0.4 is 0 Å². The summed E-state index contributed by atoms with van der Waals surface area (Å²) in [5, 5.41) is 8.37. The van der Waals surface area contributed by atoms with Crippen molar-refractivity contribution in [2.45, 2.75) is 45.8 Å². The van der Waals surface area contributed by atoms with Crippen LogP contribution in [0.4, 0.5) is 4.79 Å². The first-order chi connectivity index (χ1) is 11.3. The molecule has 0 radical (unpaired) electrons. The molecule has 0 aromatic heterocycles. The molecule has 1 aliphatic heterocycles. The molecule has 132 valence electrons. The Morgan fingerprint density at radius 2 is 1.75 bits per heavy atom. The summed E-state index contributed by atoms with van der Waals surface area (Å²) in [5.74, 6) is 0. The highest BCUT2D eigenvalue weighted by Crippen LogP contribution is 2.25. The summed E-state index contributed by atoms with van der Waals surface area (Å²) in [4.78, 5) is 16.3. The van der Waals surface area contributed by atoms with Crippen LogP contribution in [0.3, 0.4) is 0 Å². The Morgan fingerprint density at radius 3 is 2.25 bits per heavy atom. The molecule has 1 unspecified atom stereocenters. The number of carbonyl (C=O) groups excluding carboxylic acids is 1. The van der Waals surface area contributed by atoms with Gasteiger partial charge in [0, 0.05) is 31.9 Å². The van der Waals surface area contributed by atoms with E-state index in [9.17, 15) is 4.79 Å². The highest BCUT2D eigenvalue weighted by molar-refractivity contribution is 5.87. The van der Waals surface area contributed by atoms with E-state index in [4.69, 9.17) is 10.1 Å². The molecule has 0 spiro atoms. The maximum atomic E-state index is 12.2. The van der Waals surface area contributed by atoms with Crippen molar-refractivity contribution >= 4 is 11.8 Å². The van der Waals surface area contributed by atoms with E-state index in [0.717, 1.165) is 25.1 Å². The molecule has 1 saturated heterocycles. The van der Waals surface area contributed by atoms with Gasteiger partial charge in [-0.3, -0.25) is 4.90 Å². The minimum Gasteiger partial charge on any atom is -0.444 e. The first-order valence-electron chi connectivity index (χ1n) is 8.66. The highest BCUT2D eigenvalue weighted by Gasteiger charge is 2.30. The lowest BCUT2D eigenvalue weighted by atomic mass is 9.98. The standard InChI is InChI=1S/C19H29N3O2/c1-5-16(20)17(15-9-7-6-8-10-15)21-11-13-22(14-12-21)18(23)24-19(2,3)4/h6-10,17,20H,5,11-14H2,1-4H3. The summed E-state index contributed by atoms with van der Waals surface area (Å²) < 4.78 is 5.45. The topological polar surface area (TPSA) is 56.6 Å². The molecule has 1 N–H and O–H groups in total. The summed E-state index contributed by atoms with van der Waals surface area (Å²) in [6.07, 6.45) is 0.482. The lowest BCUT2D eigenvalue weighted by molar-refractivity contribution is 0.0128. The van der Waals surface area contributed by atoms with Crippen LogP contribution in [0.5, 0.6) is 0 Å². The smallest absolute Gasteiger partial charge is 0.410 e. The van der Waals surface area contributed by atoms with Gasteiger partial charge in [-0.25, -0.2) is 4.79 Å². The van der Waals surface area contributed by atoms with Gasteiger partial charge in [0.1, 0.15) is 5.60 Å². The lowest BCUT2D eigenvalue weighted by Crippen LogP contribution is -2.51. The first-order valence-corrected chi connectivity index (χ1v) is 8.66. The average molecular weight is 331 g/mol. The van der Waals surface area contributed by atoms with Gasteiger partial charge in [-0.15, -0.1) is 0 Å². The number of nitrogens with one attached hydrogen (secondary N) is 1. The number of nitrogens with zero attached hydrogens (tertiary/aromatic N) is 2. The van der Waals surface area contributed by atoms with Gasteiger partial charge in [0.15, 0.2) is 0 Å². The molecule has 1 atom stereocenters. The summed E-state index contributed by atoms with van der Waals surface area (Å²) in [6, 6.07) is 10.2. The van der Waals surface area contributed by atoms with Crippen LogP contribution in [-0.2, 0) is 4.74 Å². The molecular weight excluding hydrogens is 302 g/mol. The fourth-order valence-electron chi connectivity index (χ4n) is 2.95. The number of ether oxygens (including phenoxy) is 1. The molecule has 1 aromatic rings. The molecule has 1 aliphatic rings. The van der Waals surface area contributed by atoms with Crippen LogP contribution in [0.15, 0.2) is 30.3 Å². The van der Waals surface area contributed by atoms with Gasteiger partial charge in [0.25, 0.3) is 0 Å². The Balaban J connectivity index is 2.03. The maximum Gasteiger partial charge on any atom is 0.410 e. The Bertz CT molecular complexity index is 558. The second-order valence-electron chi connectivity index (χ2n) is 7.20.